The van der Waals surface area contributed by atoms with Crippen molar-refractivity contribution in [2.24, 2.45) is 0 Å². The lowest BCUT2D eigenvalue weighted by atomic mass is 10.1. The van der Waals surface area contributed by atoms with Gasteiger partial charge in [0.25, 0.3) is 0 Å². The molecule has 0 aromatic heterocycles. The molecule has 4 aromatic carbocycles. The molecule has 8 heteroatoms. The standard InChI is InChI=1S/C28H27NO6S/c1-32-25-11-7-20(15-27(25)33-2)13-14-29(18-21-8-12-26-28(16-21)35-19-34-26)36(30,31)24-10-9-22-5-3-4-6-23(22)17-24/h3-12,15-17H,13-14,18-19H2,1-2H3. The van der Waals surface area contributed by atoms with E-state index in [1.165, 1.54) is 4.31 Å². The van der Waals surface area contributed by atoms with Crippen LogP contribution in [-0.4, -0.2) is 40.3 Å². The summed E-state index contributed by atoms with van der Waals surface area (Å²) in [5.74, 6) is 2.51. The van der Waals surface area contributed by atoms with Gasteiger partial charge in [0.15, 0.2) is 23.0 Å². The second-order valence-corrected chi connectivity index (χ2v) is 10.4. The first kappa shape index (κ1) is 24.0. The second kappa shape index (κ2) is 10.1. The summed E-state index contributed by atoms with van der Waals surface area (Å²) >= 11 is 0. The molecular weight excluding hydrogens is 478 g/mol. The van der Waals surface area contributed by atoms with Crippen LogP contribution in [0.4, 0.5) is 0 Å². The zero-order chi connectivity index (χ0) is 25.1. The quantitative estimate of drug-likeness (QED) is 0.318. The molecule has 186 valence electrons. The highest BCUT2D eigenvalue weighted by molar-refractivity contribution is 7.89. The zero-order valence-corrected chi connectivity index (χ0v) is 21.0. The van der Waals surface area contributed by atoms with Crippen LogP contribution in [-0.2, 0) is 23.0 Å². The van der Waals surface area contributed by atoms with Crippen LogP contribution >= 0.6 is 0 Å². The molecule has 4 aromatic rings. The minimum absolute atomic E-state index is 0.164. The molecule has 0 atom stereocenters. The van der Waals surface area contributed by atoms with Crippen LogP contribution in [0.5, 0.6) is 23.0 Å². The summed E-state index contributed by atoms with van der Waals surface area (Å²) in [4.78, 5) is 0.259. The maximum absolute atomic E-state index is 13.9. The fourth-order valence-electron chi connectivity index (χ4n) is 4.29. The van der Waals surface area contributed by atoms with E-state index in [0.717, 1.165) is 21.9 Å². The van der Waals surface area contributed by atoms with E-state index in [1.807, 2.05) is 66.7 Å². The molecule has 0 saturated carbocycles. The normalized spacial score (nSPS) is 12.8. The fraction of sp³-hybridized carbons (Fsp3) is 0.214. The molecule has 0 fully saturated rings. The van der Waals surface area contributed by atoms with Crippen LogP contribution in [0.2, 0.25) is 0 Å². The number of methoxy groups -OCH3 is 2. The first-order valence-corrected chi connectivity index (χ1v) is 13.0. The van der Waals surface area contributed by atoms with Crippen LogP contribution in [0.15, 0.2) is 83.8 Å². The van der Waals surface area contributed by atoms with Crippen molar-refractivity contribution in [3.05, 3.63) is 90.0 Å². The van der Waals surface area contributed by atoms with Crippen LogP contribution in [0, 0.1) is 0 Å². The zero-order valence-electron chi connectivity index (χ0n) is 20.1. The second-order valence-electron chi connectivity index (χ2n) is 8.47. The molecular formula is C28H27NO6S. The van der Waals surface area contributed by atoms with Crippen molar-refractivity contribution in [1.29, 1.82) is 0 Å². The largest absolute Gasteiger partial charge is 0.493 e. The summed E-state index contributed by atoms with van der Waals surface area (Å²) in [5.41, 5.74) is 1.76. The van der Waals surface area contributed by atoms with Crippen molar-refractivity contribution < 1.29 is 27.4 Å². The lowest BCUT2D eigenvalue weighted by molar-refractivity contribution is 0.174. The van der Waals surface area contributed by atoms with E-state index in [-0.39, 0.29) is 24.8 Å². The Bertz CT molecular complexity index is 1500. The molecule has 0 saturated heterocycles. The lowest BCUT2D eigenvalue weighted by Gasteiger charge is -2.23. The first-order valence-electron chi connectivity index (χ1n) is 11.6. The summed E-state index contributed by atoms with van der Waals surface area (Å²) in [6.45, 7) is 0.634. The number of nitrogens with zero attached hydrogens (tertiary/aromatic N) is 1. The Morgan fingerprint density at radius 3 is 2.33 bits per heavy atom. The Labute approximate surface area is 210 Å². The van der Waals surface area contributed by atoms with Gasteiger partial charge in [-0.3, -0.25) is 0 Å². The first-order chi connectivity index (χ1) is 17.5. The Morgan fingerprint density at radius 2 is 1.53 bits per heavy atom. The third-order valence-corrected chi connectivity index (χ3v) is 8.09. The van der Waals surface area contributed by atoms with Crippen molar-refractivity contribution in [1.82, 2.24) is 4.31 Å². The highest BCUT2D eigenvalue weighted by atomic mass is 32.2. The van der Waals surface area contributed by atoms with Crippen molar-refractivity contribution in [3.8, 4) is 23.0 Å². The molecule has 0 unspecified atom stereocenters. The predicted molar refractivity (Wildman–Crippen MR) is 137 cm³/mol. The van der Waals surface area contributed by atoms with E-state index < -0.39 is 10.0 Å². The summed E-state index contributed by atoms with van der Waals surface area (Å²) in [6, 6.07) is 24.1. The smallest absolute Gasteiger partial charge is 0.243 e. The van der Waals surface area contributed by atoms with Gasteiger partial charge < -0.3 is 18.9 Å². The molecule has 7 nitrogen and oxygen atoms in total. The molecule has 0 spiro atoms. The third kappa shape index (κ3) is 4.82. The molecule has 1 aliphatic heterocycles. The molecule has 1 heterocycles. The van der Waals surface area contributed by atoms with E-state index in [1.54, 1.807) is 26.4 Å². The Hall–Kier alpha value is -3.75. The van der Waals surface area contributed by atoms with E-state index >= 15 is 0 Å². The molecule has 1 aliphatic rings. The highest BCUT2D eigenvalue weighted by Gasteiger charge is 2.26. The van der Waals surface area contributed by atoms with Crippen LogP contribution in [0.1, 0.15) is 11.1 Å². The number of sulfonamides is 1. The van der Waals surface area contributed by atoms with E-state index in [9.17, 15) is 8.42 Å². The summed E-state index contributed by atoms with van der Waals surface area (Å²) < 4.78 is 50.9. The van der Waals surface area contributed by atoms with E-state index in [0.29, 0.717) is 29.4 Å². The number of ether oxygens (including phenoxy) is 4. The molecule has 0 N–H and O–H groups in total. The molecule has 36 heavy (non-hydrogen) atoms. The maximum Gasteiger partial charge on any atom is 0.243 e. The predicted octanol–water partition coefficient (Wildman–Crippen LogP) is 5.02. The number of fused-ring (bicyclic) bond motifs is 2. The minimum Gasteiger partial charge on any atom is -0.493 e. The Kier molecular flexibility index (Phi) is 6.71. The summed E-state index contributed by atoms with van der Waals surface area (Å²) in [6.07, 6.45) is 0.498. The van der Waals surface area contributed by atoms with Crippen LogP contribution < -0.4 is 18.9 Å². The lowest BCUT2D eigenvalue weighted by Crippen LogP contribution is -2.32. The Morgan fingerprint density at radius 1 is 0.778 bits per heavy atom. The monoisotopic (exact) mass is 505 g/mol. The summed E-state index contributed by atoms with van der Waals surface area (Å²) in [5, 5.41) is 1.87. The van der Waals surface area contributed by atoms with Gasteiger partial charge in [0.2, 0.25) is 16.8 Å². The average molecular weight is 506 g/mol. The molecule has 0 amide bonds. The summed E-state index contributed by atoms with van der Waals surface area (Å²) in [7, 11) is -0.633. The van der Waals surface area contributed by atoms with Crippen LogP contribution in [0.25, 0.3) is 10.8 Å². The van der Waals surface area contributed by atoms with Crippen molar-refractivity contribution in [3.63, 3.8) is 0 Å². The average Bonchev–Trinajstić information content (AvgIpc) is 3.38. The number of rotatable bonds is 9. The van der Waals surface area contributed by atoms with Gasteiger partial charge >= 0.3 is 0 Å². The molecule has 5 rings (SSSR count). The van der Waals surface area contributed by atoms with Gasteiger partial charge in [0.1, 0.15) is 0 Å². The van der Waals surface area contributed by atoms with Gasteiger partial charge in [-0.2, -0.15) is 4.31 Å². The number of hydrogen-bond donors (Lipinski definition) is 0. The fourth-order valence-corrected chi connectivity index (χ4v) is 5.76. The van der Waals surface area contributed by atoms with Gasteiger partial charge in [-0.1, -0.05) is 42.5 Å². The van der Waals surface area contributed by atoms with Gasteiger partial charge in [0, 0.05) is 13.1 Å². The van der Waals surface area contributed by atoms with Gasteiger partial charge in [0.05, 0.1) is 19.1 Å². The maximum atomic E-state index is 13.9. The van der Waals surface area contributed by atoms with Crippen molar-refractivity contribution in [2.75, 3.05) is 27.6 Å². The van der Waals surface area contributed by atoms with Crippen LogP contribution in [0.3, 0.4) is 0 Å². The Balaban J connectivity index is 1.47. The van der Waals surface area contributed by atoms with Crippen molar-refractivity contribution in [2.45, 2.75) is 17.9 Å². The van der Waals surface area contributed by atoms with Gasteiger partial charge in [-0.25, -0.2) is 8.42 Å². The molecule has 0 aliphatic carbocycles. The SMILES string of the molecule is COc1ccc(CCN(Cc2ccc3c(c2)OCO3)S(=O)(=O)c2ccc3ccccc3c2)cc1OC. The third-order valence-electron chi connectivity index (χ3n) is 6.25. The van der Waals surface area contributed by atoms with E-state index in [2.05, 4.69) is 0 Å². The minimum atomic E-state index is -3.80. The number of hydrogen-bond acceptors (Lipinski definition) is 6. The molecule has 0 radical (unpaired) electrons. The number of benzene rings is 4. The molecule has 0 bridgehead atoms. The van der Waals surface area contributed by atoms with Crippen molar-refractivity contribution >= 4 is 20.8 Å². The van der Waals surface area contributed by atoms with Gasteiger partial charge in [-0.05, 0) is 64.7 Å². The highest BCUT2D eigenvalue weighted by Crippen LogP contribution is 2.34. The topological polar surface area (TPSA) is 74.3 Å². The van der Waals surface area contributed by atoms with Gasteiger partial charge in [-0.15, -0.1) is 0 Å². The van der Waals surface area contributed by atoms with E-state index in [4.69, 9.17) is 18.9 Å².